The minimum atomic E-state index is -3.31. The quantitative estimate of drug-likeness (QED) is 0.487. The molecule has 0 aliphatic rings. The number of rotatable bonds is 4. The van der Waals surface area contributed by atoms with Gasteiger partial charge in [-0.3, -0.25) is 4.79 Å². The van der Waals surface area contributed by atoms with Crippen LogP contribution in [0.3, 0.4) is 0 Å². The van der Waals surface area contributed by atoms with Crippen LogP contribution in [0.1, 0.15) is 11.1 Å². The van der Waals surface area contributed by atoms with Crippen molar-refractivity contribution in [2.24, 2.45) is 0 Å². The van der Waals surface area contributed by atoms with Crippen LogP contribution in [0.2, 0.25) is 0 Å². The van der Waals surface area contributed by atoms with Gasteiger partial charge in [0.25, 0.3) is 0 Å². The Morgan fingerprint density at radius 2 is 1.50 bits per heavy atom. The zero-order valence-corrected chi connectivity index (χ0v) is 13.2. The maximum Gasteiger partial charge on any atom is 0.175 e. The number of carbonyl (C=O) groups excluding carboxylic acids is 1. The van der Waals surface area contributed by atoms with Crippen molar-refractivity contribution in [1.82, 2.24) is 0 Å². The third-order valence-corrected chi connectivity index (χ3v) is 4.60. The van der Waals surface area contributed by atoms with Crippen molar-refractivity contribution < 1.29 is 17.6 Å². The lowest BCUT2D eigenvalue weighted by Crippen LogP contribution is -1.97. The average molecular weight is 339 g/mol. The Morgan fingerprint density at radius 1 is 1.00 bits per heavy atom. The summed E-state index contributed by atoms with van der Waals surface area (Å²) in [5.74, 6) is -0.404. The number of aldehydes is 1. The highest BCUT2D eigenvalue weighted by Crippen LogP contribution is 2.29. The third-order valence-electron chi connectivity index (χ3n) is 3.05. The number of carbonyl (C=O) groups is 1. The first-order valence-electron chi connectivity index (χ1n) is 6.24. The predicted molar refractivity (Wildman–Crippen MR) is 84.7 cm³/mol. The van der Waals surface area contributed by atoms with Gasteiger partial charge in [0.1, 0.15) is 5.82 Å². The third kappa shape index (κ3) is 3.61. The van der Waals surface area contributed by atoms with E-state index in [1.54, 1.807) is 0 Å². The monoisotopic (exact) mass is 338 g/mol. The van der Waals surface area contributed by atoms with E-state index in [1.807, 2.05) is 0 Å². The molecule has 0 atom stereocenters. The van der Waals surface area contributed by atoms with Crippen LogP contribution in [0.15, 0.2) is 53.4 Å². The number of halogens is 2. The van der Waals surface area contributed by atoms with Gasteiger partial charge in [-0.15, -0.1) is 0 Å². The van der Waals surface area contributed by atoms with Gasteiger partial charge in [-0.1, -0.05) is 35.9 Å². The fraction of sp³-hybridized carbons (Fsp3) is 0.0625. The van der Waals surface area contributed by atoms with Gasteiger partial charge in [-0.05, 0) is 35.4 Å². The SMILES string of the molecule is CS(=O)(=O)c1ccc(C(C=O)=C(Cl)c2ccc(F)cc2)cc1. The molecule has 0 heterocycles. The molecule has 0 radical (unpaired) electrons. The van der Waals surface area contributed by atoms with Crippen LogP contribution >= 0.6 is 11.6 Å². The summed E-state index contributed by atoms with van der Waals surface area (Å²) in [7, 11) is -3.31. The van der Waals surface area contributed by atoms with Crippen molar-refractivity contribution in [2.45, 2.75) is 4.90 Å². The van der Waals surface area contributed by atoms with Crippen LogP contribution < -0.4 is 0 Å². The summed E-state index contributed by atoms with van der Waals surface area (Å²) < 4.78 is 35.8. The molecule has 0 N–H and O–H groups in total. The molecule has 114 valence electrons. The fourth-order valence-electron chi connectivity index (χ4n) is 1.88. The Hall–Kier alpha value is -1.98. The molecule has 0 fully saturated rings. The maximum atomic E-state index is 12.9. The normalized spacial score (nSPS) is 12.7. The van der Waals surface area contributed by atoms with Crippen LogP contribution in [-0.2, 0) is 14.6 Å². The van der Waals surface area contributed by atoms with Crippen molar-refractivity contribution in [3.63, 3.8) is 0 Å². The highest BCUT2D eigenvalue weighted by atomic mass is 35.5. The standard InChI is InChI=1S/C16H12ClFO3S/c1-22(20,21)14-8-4-11(5-9-14)15(10-19)16(17)12-2-6-13(18)7-3-12/h2-10H,1H3. The second kappa shape index (κ2) is 6.42. The molecule has 0 spiro atoms. The highest BCUT2D eigenvalue weighted by Gasteiger charge is 2.12. The molecular weight excluding hydrogens is 327 g/mol. The second-order valence-corrected chi connectivity index (χ2v) is 7.04. The Labute approximate surface area is 133 Å². The molecule has 2 aromatic carbocycles. The van der Waals surface area contributed by atoms with Crippen LogP contribution in [0.4, 0.5) is 4.39 Å². The summed E-state index contributed by atoms with van der Waals surface area (Å²) in [5.41, 5.74) is 1.18. The van der Waals surface area contributed by atoms with Crippen LogP contribution in [0.25, 0.3) is 10.6 Å². The minimum Gasteiger partial charge on any atom is -0.298 e. The van der Waals surface area contributed by atoms with E-state index in [4.69, 9.17) is 11.6 Å². The summed E-state index contributed by atoms with van der Waals surface area (Å²) in [6.07, 6.45) is 1.69. The van der Waals surface area contributed by atoms with Crippen molar-refractivity contribution >= 4 is 38.3 Å². The number of sulfone groups is 1. The molecule has 0 amide bonds. The van der Waals surface area contributed by atoms with E-state index >= 15 is 0 Å². The molecule has 0 unspecified atom stereocenters. The van der Waals surface area contributed by atoms with Gasteiger partial charge in [-0.2, -0.15) is 0 Å². The lowest BCUT2D eigenvalue weighted by molar-refractivity contribution is -0.103. The van der Waals surface area contributed by atoms with Crippen LogP contribution in [0.5, 0.6) is 0 Å². The zero-order chi connectivity index (χ0) is 16.3. The van der Waals surface area contributed by atoms with Crippen molar-refractivity contribution in [3.8, 4) is 0 Å². The van der Waals surface area contributed by atoms with E-state index in [2.05, 4.69) is 0 Å². The van der Waals surface area contributed by atoms with E-state index in [9.17, 15) is 17.6 Å². The molecule has 22 heavy (non-hydrogen) atoms. The molecule has 2 rings (SSSR count). The first-order valence-corrected chi connectivity index (χ1v) is 8.51. The smallest absolute Gasteiger partial charge is 0.175 e. The van der Waals surface area contributed by atoms with E-state index in [0.717, 1.165) is 6.26 Å². The highest BCUT2D eigenvalue weighted by molar-refractivity contribution is 7.90. The lowest BCUT2D eigenvalue weighted by Gasteiger charge is -2.07. The van der Waals surface area contributed by atoms with Gasteiger partial charge < -0.3 is 0 Å². The van der Waals surface area contributed by atoms with Crippen molar-refractivity contribution in [1.29, 1.82) is 0 Å². The van der Waals surface area contributed by atoms with E-state index in [-0.39, 0.29) is 15.5 Å². The van der Waals surface area contributed by atoms with Crippen molar-refractivity contribution in [3.05, 3.63) is 65.5 Å². The topological polar surface area (TPSA) is 51.2 Å². The predicted octanol–water partition coefficient (Wildman–Crippen LogP) is 3.54. The zero-order valence-electron chi connectivity index (χ0n) is 11.6. The average Bonchev–Trinajstić information content (AvgIpc) is 2.48. The van der Waals surface area contributed by atoms with Crippen LogP contribution in [0, 0.1) is 5.82 Å². The van der Waals surface area contributed by atoms with Gasteiger partial charge in [0, 0.05) is 11.8 Å². The second-order valence-electron chi connectivity index (χ2n) is 4.65. The number of benzene rings is 2. The van der Waals surface area contributed by atoms with Gasteiger partial charge >= 0.3 is 0 Å². The molecule has 0 aromatic heterocycles. The summed E-state index contributed by atoms with van der Waals surface area (Å²) in [6, 6.07) is 11.2. The molecule has 6 heteroatoms. The molecule has 3 nitrogen and oxygen atoms in total. The fourth-order valence-corrected chi connectivity index (χ4v) is 2.79. The van der Waals surface area contributed by atoms with Gasteiger partial charge in [-0.25, -0.2) is 12.8 Å². The molecular formula is C16H12ClFO3S. The summed E-state index contributed by atoms with van der Waals surface area (Å²) in [6.45, 7) is 0. The summed E-state index contributed by atoms with van der Waals surface area (Å²) in [4.78, 5) is 11.5. The van der Waals surface area contributed by atoms with Gasteiger partial charge in [0.2, 0.25) is 0 Å². The molecule has 0 aliphatic heterocycles. The maximum absolute atomic E-state index is 12.9. The summed E-state index contributed by atoms with van der Waals surface area (Å²) in [5, 5.41) is 0.169. The number of hydrogen-bond acceptors (Lipinski definition) is 3. The van der Waals surface area contributed by atoms with E-state index < -0.39 is 15.7 Å². The first-order chi connectivity index (χ1) is 10.3. The lowest BCUT2D eigenvalue weighted by atomic mass is 10.0. The van der Waals surface area contributed by atoms with Gasteiger partial charge in [0.05, 0.1) is 9.93 Å². The molecule has 0 aliphatic carbocycles. The van der Waals surface area contributed by atoms with Crippen molar-refractivity contribution in [2.75, 3.05) is 6.26 Å². The van der Waals surface area contributed by atoms with Crippen LogP contribution in [-0.4, -0.2) is 21.0 Å². The number of allylic oxidation sites excluding steroid dienone is 1. The Kier molecular flexibility index (Phi) is 4.78. The summed E-state index contributed by atoms with van der Waals surface area (Å²) >= 11 is 6.20. The number of hydrogen-bond donors (Lipinski definition) is 0. The Morgan fingerprint density at radius 3 is 1.95 bits per heavy atom. The molecule has 0 bridgehead atoms. The first kappa shape index (κ1) is 16.4. The Bertz CT molecular complexity index is 823. The van der Waals surface area contributed by atoms with Gasteiger partial charge in [0.15, 0.2) is 16.1 Å². The van der Waals surface area contributed by atoms with E-state index in [1.165, 1.54) is 48.5 Å². The molecule has 2 aromatic rings. The van der Waals surface area contributed by atoms with E-state index in [0.29, 0.717) is 17.4 Å². The largest absolute Gasteiger partial charge is 0.298 e. The Balaban J connectivity index is 2.49. The molecule has 0 saturated carbocycles. The molecule has 0 saturated heterocycles. The minimum absolute atomic E-state index is 0.152.